The summed E-state index contributed by atoms with van der Waals surface area (Å²) in [7, 11) is 0. The Bertz CT molecular complexity index is 833. The van der Waals surface area contributed by atoms with Gasteiger partial charge in [-0.1, -0.05) is 17.7 Å². The van der Waals surface area contributed by atoms with Crippen molar-refractivity contribution in [2.24, 2.45) is 0 Å². The molecule has 1 fully saturated rings. The van der Waals surface area contributed by atoms with Gasteiger partial charge in [-0.15, -0.1) is 11.8 Å². The molecule has 1 aromatic rings. The molecule has 2 atom stereocenters. The fraction of sp³-hybridized carbons (Fsp3) is 0.571. The molecule has 0 spiro atoms. The van der Waals surface area contributed by atoms with Gasteiger partial charge in [0.2, 0.25) is 5.91 Å². The van der Waals surface area contributed by atoms with Crippen LogP contribution < -0.4 is 5.32 Å². The Morgan fingerprint density at radius 2 is 1.77 bits per heavy atom. The first kappa shape index (κ1) is 25.3. The number of thioether (sulfide) groups is 1. The van der Waals surface area contributed by atoms with Gasteiger partial charge in [-0.25, -0.2) is 14.0 Å². The second kappa shape index (κ2) is 9.65. The molecule has 31 heavy (non-hydrogen) atoms. The maximum Gasteiger partial charge on any atom is 0.408 e. The summed E-state index contributed by atoms with van der Waals surface area (Å²) in [5.41, 5.74) is -1.40. The van der Waals surface area contributed by atoms with Gasteiger partial charge in [0, 0.05) is 16.3 Å². The fourth-order valence-corrected chi connectivity index (χ4v) is 4.71. The third-order valence-electron chi connectivity index (χ3n) is 4.00. The van der Waals surface area contributed by atoms with Crippen LogP contribution in [0, 0.1) is 5.82 Å². The van der Waals surface area contributed by atoms with Gasteiger partial charge in [-0.05, 0) is 53.7 Å². The highest BCUT2D eigenvalue weighted by molar-refractivity contribution is 7.99. The van der Waals surface area contributed by atoms with Gasteiger partial charge in [-0.2, -0.15) is 0 Å². The summed E-state index contributed by atoms with van der Waals surface area (Å²) in [5.74, 6) is -1.59. The van der Waals surface area contributed by atoms with E-state index in [-0.39, 0.29) is 16.3 Å². The van der Waals surface area contributed by atoms with E-state index < -0.39 is 52.9 Å². The molecule has 0 aliphatic carbocycles. The van der Waals surface area contributed by atoms with E-state index in [9.17, 15) is 18.8 Å². The molecule has 1 aromatic carbocycles. The highest BCUT2D eigenvalue weighted by Crippen LogP contribution is 2.45. The number of nitrogens with zero attached hydrogens (tertiary/aromatic N) is 1. The second-order valence-electron chi connectivity index (χ2n) is 9.03. The number of halogens is 2. The van der Waals surface area contributed by atoms with E-state index in [0.717, 1.165) is 0 Å². The number of carbonyl (C=O) groups excluding carboxylic acids is 3. The zero-order valence-electron chi connectivity index (χ0n) is 18.5. The van der Waals surface area contributed by atoms with E-state index >= 15 is 0 Å². The van der Waals surface area contributed by atoms with Gasteiger partial charge in [0.05, 0.1) is 0 Å². The number of nitrogens with one attached hydrogen (secondary N) is 1. The van der Waals surface area contributed by atoms with Crippen molar-refractivity contribution >= 4 is 41.3 Å². The van der Waals surface area contributed by atoms with Crippen LogP contribution in [0.15, 0.2) is 18.2 Å². The van der Waals surface area contributed by atoms with Gasteiger partial charge in [0.25, 0.3) is 0 Å². The van der Waals surface area contributed by atoms with E-state index in [4.69, 9.17) is 21.1 Å². The molecule has 1 heterocycles. The van der Waals surface area contributed by atoms with Crippen LogP contribution in [0.25, 0.3) is 0 Å². The number of ether oxygens (including phenoxy) is 2. The molecule has 1 aliphatic rings. The number of carbonyl (C=O) groups is 3. The summed E-state index contributed by atoms with van der Waals surface area (Å²) in [6.07, 6.45) is -0.776. The van der Waals surface area contributed by atoms with Crippen LogP contribution in [0.3, 0.4) is 0 Å². The Hall–Kier alpha value is -2.00. The first-order chi connectivity index (χ1) is 14.2. The van der Waals surface area contributed by atoms with E-state index in [1.54, 1.807) is 41.5 Å². The van der Waals surface area contributed by atoms with E-state index in [0.29, 0.717) is 0 Å². The number of hydrogen-bond acceptors (Lipinski definition) is 6. The molecule has 0 aromatic heterocycles. The molecule has 0 radical (unpaired) electrons. The van der Waals surface area contributed by atoms with E-state index in [1.165, 1.54) is 34.9 Å². The van der Waals surface area contributed by atoms with Crippen molar-refractivity contribution < 1.29 is 28.2 Å². The summed E-state index contributed by atoms with van der Waals surface area (Å²) in [6, 6.07) is 3.26. The van der Waals surface area contributed by atoms with Crippen molar-refractivity contribution in [3.05, 3.63) is 34.6 Å². The molecule has 0 bridgehead atoms. The molecule has 7 nitrogen and oxygen atoms in total. The topological polar surface area (TPSA) is 84.9 Å². The van der Waals surface area contributed by atoms with Crippen molar-refractivity contribution in [2.75, 3.05) is 12.3 Å². The fourth-order valence-electron chi connectivity index (χ4n) is 2.88. The molecule has 2 amide bonds. The Morgan fingerprint density at radius 1 is 1.16 bits per heavy atom. The minimum absolute atomic E-state index is 0.103. The molecule has 1 aliphatic heterocycles. The number of alkyl carbamates (subject to hydrolysis) is 1. The molecular weight excluding hydrogens is 447 g/mol. The minimum atomic E-state index is -0.960. The van der Waals surface area contributed by atoms with Gasteiger partial charge in [-0.3, -0.25) is 4.79 Å². The molecule has 10 heteroatoms. The Kier molecular flexibility index (Phi) is 7.86. The first-order valence-electron chi connectivity index (χ1n) is 9.76. The number of amides is 2. The average molecular weight is 475 g/mol. The van der Waals surface area contributed by atoms with Crippen LogP contribution in [0.2, 0.25) is 5.02 Å². The van der Waals surface area contributed by atoms with Crippen LogP contribution in [0.4, 0.5) is 9.18 Å². The quantitative estimate of drug-likeness (QED) is 0.655. The predicted molar refractivity (Wildman–Crippen MR) is 117 cm³/mol. The third-order valence-corrected chi connectivity index (χ3v) is 5.61. The smallest absolute Gasteiger partial charge is 0.408 e. The second-order valence-corrected chi connectivity index (χ2v) is 10.5. The molecular formula is C21H28ClFN2O5S. The molecule has 1 saturated heterocycles. The van der Waals surface area contributed by atoms with Crippen LogP contribution >= 0.6 is 23.4 Å². The monoisotopic (exact) mass is 474 g/mol. The first-order valence-corrected chi connectivity index (χ1v) is 11.2. The lowest BCUT2D eigenvalue weighted by Gasteiger charge is -2.31. The highest BCUT2D eigenvalue weighted by atomic mass is 35.5. The predicted octanol–water partition coefficient (Wildman–Crippen LogP) is 4.29. The zero-order valence-corrected chi connectivity index (χ0v) is 20.0. The zero-order chi connectivity index (χ0) is 23.6. The summed E-state index contributed by atoms with van der Waals surface area (Å²) in [6.45, 7) is 9.80. The summed E-state index contributed by atoms with van der Waals surface area (Å²) in [4.78, 5) is 39.0. The SMILES string of the molecule is CC(C)(C)OC(=O)NCC(=O)N1[C@@H](c2c(F)cccc2Cl)SC[C@H]1C(=O)OC(C)(C)C. The number of rotatable bonds is 4. The van der Waals surface area contributed by atoms with Crippen LogP contribution in [0.5, 0.6) is 0 Å². The van der Waals surface area contributed by atoms with E-state index in [2.05, 4.69) is 5.32 Å². The number of esters is 1. The Balaban J connectivity index is 2.29. The van der Waals surface area contributed by atoms with Gasteiger partial charge >= 0.3 is 12.1 Å². The minimum Gasteiger partial charge on any atom is -0.458 e. The van der Waals surface area contributed by atoms with Gasteiger partial charge < -0.3 is 19.7 Å². The largest absolute Gasteiger partial charge is 0.458 e. The molecule has 0 unspecified atom stereocenters. The van der Waals surface area contributed by atoms with Crippen LogP contribution in [-0.2, 0) is 19.1 Å². The molecule has 0 saturated carbocycles. The van der Waals surface area contributed by atoms with Crippen molar-refractivity contribution in [1.29, 1.82) is 0 Å². The van der Waals surface area contributed by atoms with Crippen molar-refractivity contribution in [3.63, 3.8) is 0 Å². The van der Waals surface area contributed by atoms with Crippen LogP contribution in [-0.4, -0.2) is 52.4 Å². The normalized spacial score (nSPS) is 19.2. The molecule has 172 valence electrons. The maximum atomic E-state index is 14.6. The highest BCUT2D eigenvalue weighted by Gasteiger charge is 2.45. The lowest BCUT2D eigenvalue weighted by molar-refractivity contribution is -0.163. The molecule has 2 rings (SSSR count). The maximum absolute atomic E-state index is 14.6. The van der Waals surface area contributed by atoms with Crippen molar-refractivity contribution in [1.82, 2.24) is 10.2 Å². The summed E-state index contributed by atoms with van der Waals surface area (Å²) in [5, 5.41) is 1.68. The number of hydrogen-bond donors (Lipinski definition) is 1. The standard InChI is InChI=1S/C21H28ClFN2O5S/c1-20(2,3)29-18(27)14-11-31-17(16-12(22)8-7-9-13(16)23)25(14)15(26)10-24-19(28)30-21(4,5)6/h7-9,14,17H,10-11H2,1-6H3,(H,24,28)/t14-,17+/m0/s1. The molecule has 1 N–H and O–H groups in total. The lowest BCUT2D eigenvalue weighted by Crippen LogP contribution is -2.49. The Morgan fingerprint density at radius 3 is 2.32 bits per heavy atom. The van der Waals surface area contributed by atoms with Crippen molar-refractivity contribution in [2.45, 2.75) is 64.2 Å². The summed E-state index contributed by atoms with van der Waals surface area (Å²) >= 11 is 7.42. The van der Waals surface area contributed by atoms with E-state index in [1.807, 2.05) is 0 Å². The average Bonchev–Trinajstić information content (AvgIpc) is 3.01. The van der Waals surface area contributed by atoms with Crippen molar-refractivity contribution in [3.8, 4) is 0 Å². The number of benzene rings is 1. The third kappa shape index (κ3) is 7.00. The lowest BCUT2D eigenvalue weighted by atomic mass is 10.1. The van der Waals surface area contributed by atoms with Gasteiger partial charge in [0.15, 0.2) is 0 Å². The van der Waals surface area contributed by atoms with Gasteiger partial charge in [0.1, 0.15) is 35.0 Å². The van der Waals surface area contributed by atoms with Crippen LogP contribution in [0.1, 0.15) is 52.5 Å². The summed E-state index contributed by atoms with van der Waals surface area (Å²) < 4.78 is 25.2. The Labute approximate surface area is 191 Å².